The number of nitrogens with one attached hydrogen (secondary N) is 2. The molecule has 0 unspecified atom stereocenters. The van der Waals surface area contributed by atoms with E-state index in [1.165, 1.54) is 4.90 Å². The van der Waals surface area contributed by atoms with Crippen LogP contribution < -0.4 is 5.32 Å². The van der Waals surface area contributed by atoms with Gasteiger partial charge in [0.2, 0.25) is 5.91 Å². The van der Waals surface area contributed by atoms with E-state index in [1.807, 2.05) is 72.4 Å². The molecule has 0 saturated carbocycles. The molecule has 1 aromatic heterocycles. The van der Waals surface area contributed by atoms with Crippen molar-refractivity contribution < 1.29 is 4.79 Å². The van der Waals surface area contributed by atoms with Gasteiger partial charge in [0.15, 0.2) is 0 Å². The summed E-state index contributed by atoms with van der Waals surface area (Å²) in [5, 5.41) is 3.52. The van der Waals surface area contributed by atoms with Crippen molar-refractivity contribution in [3.8, 4) is 11.4 Å². The first-order chi connectivity index (χ1) is 14.1. The Hall–Kier alpha value is -3.05. The molecule has 1 amide bonds. The van der Waals surface area contributed by atoms with Crippen molar-refractivity contribution in [1.29, 1.82) is 0 Å². The third-order valence-electron chi connectivity index (χ3n) is 4.49. The highest BCUT2D eigenvalue weighted by molar-refractivity contribution is 7.99. The average molecular weight is 402 g/mol. The second kappa shape index (κ2) is 8.53. The smallest absolute Gasteiger partial charge is 0.228 e. The first kappa shape index (κ1) is 19.3. The fourth-order valence-corrected chi connectivity index (χ4v) is 3.99. The van der Waals surface area contributed by atoms with E-state index in [0.717, 1.165) is 33.7 Å². The highest BCUT2D eigenvalue weighted by Gasteiger charge is 2.08. The Balaban J connectivity index is 1.38. The zero-order valence-corrected chi connectivity index (χ0v) is 17.3. The lowest BCUT2D eigenvalue weighted by Crippen LogP contribution is -2.14. The van der Waals surface area contributed by atoms with Gasteiger partial charge < -0.3 is 10.3 Å². The van der Waals surface area contributed by atoms with Crippen LogP contribution in [0.4, 0.5) is 5.69 Å². The SMILES string of the molecule is CC(C)Sc1ccc(CC(=O)Nc2ccc(-c3nc4ccccc4[nH]3)cc2)cc1. The Morgan fingerprint density at radius 3 is 2.41 bits per heavy atom. The fraction of sp³-hybridized carbons (Fsp3) is 0.167. The lowest BCUT2D eigenvalue weighted by atomic mass is 10.1. The molecule has 0 spiro atoms. The molecule has 0 atom stereocenters. The molecule has 29 heavy (non-hydrogen) atoms. The summed E-state index contributed by atoms with van der Waals surface area (Å²) in [6, 6.07) is 23.9. The standard InChI is InChI=1S/C24H23N3OS/c1-16(2)29-20-13-7-17(8-14-20)15-23(28)25-19-11-9-18(10-12-19)24-26-21-5-3-4-6-22(21)27-24/h3-14,16H,15H2,1-2H3,(H,25,28)(H,26,27). The van der Waals surface area contributed by atoms with Gasteiger partial charge in [-0.25, -0.2) is 4.98 Å². The van der Waals surface area contributed by atoms with Gasteiger partial charge in [0.1, 0.15) is 5.82 Å². The van der Waals surface area contributed by atoms with Crippen LogP contribution in [0.15, 0.2) is 77.7 Å². The second-order valence-corrected chi connectivity index (χ2v) is 8.87. The quantitative estimate of drug-likeness (QED) is 0.395. The van der Waals surface area contributed by atoms with Crippen molar-refractivity contribution >= 4 is 34.4 Å². The molecule has 0 aliphatic heterocycles. The van der Waals surface area contributed by atoms with Crippen LogP contribution in [0.25, 0.3) is 22.4 Å². The monoisotopic (exact) mass is 401 g/mol. The number of hydrogen-bond donors (Lipinski definition) is 2. The third-order valence-corrected chi connectivity index (χ3v) is 5.51. The molecule has 0 aliphatic carbocycles. The number of hydrogen-bond acceptors (Lipinski definition) is 3. The Morgan fingerprint density at radius 1 is 1.00 bits per heavy atom. The summed E-state index contributed by atoms with van der Waals surface area (Å²) in [5.41, 5.74) is 4.73. The zero-order chi connectivity index (χ0) is 20.2. The topological polar surface area (TPSA) is 57.8 Å². The lowest BCUT2D eigenvalue weighted by molar-refractivity contribution is -0.115. The van der Waals surface area contributed by atoms with Crippen LogP contribution in [0.5, 0.6) is 0 Å². The minimum Gasteiger partial charge on any atom is -0.338 e. The summed E-state index contributed by atoms with van der Waals surface area (Å²) in [7, 11) is 0. The molecule has 4 aromatic rings. The highest BCUT2D eigenvalue weighted by Crippen LogP contribution is 2.24. The number of nitrogens with zero attached hydrogens (tertiary/aromatic N) is 1. The summed E-state index contributed by atoms with van der Waals surface area (Å²) in [6.45, 7) is 4.34. The van der Waals surface area contributed by atoms with E-state index < -0.39 is 0 Å². The predicted octanol–water partition coefficient (Wildman–Crippen LogP) is 5.91. The van der Waals surface area contributed by atoms with Gasteiger partial charge in [-0.05, 0) is 54.1 Å². The molecule has 5 heteroatoms. The van der Waals surface area contributed by atoms with Crippen molar-refractivity contribution in [2.45, 2.75) is 30.4 Å². The van der Waals surface area contributed by atoms with Crippen LogP contribution in [0.3, 0.4) is 0 Å². The molecule has 4 rings (SSSR count). The number of carbonyl (C=O) groups is 1. The van der Waals surface area contributed by atoms with Gasteiger partial charge in [-0.15, -0.1) is 11.8 Å². The van der Waals surface area contributed by atoms with Crippen molar-refractivity contribution in [2.75, 3.05) is 5.32 Å². The maximum atomic E-state index is 12.4. The summed E-state index contributed by atoms with van der Waals surface area (Å²) in [4.78, 5) is 21.5. The number of thioether (sulfide) groups is 1. The van der Waals surface area contributed by atoms with Crippen LogP contribution in [0.1, 0.15) is 19.4 Å². The van der Waals surface area contributed by atoms with E-state index in [4.69, 9.17) is 0 Å². The molecule has 0 bridgehead atoms. The normalized spacial score (nSPS) is 11.1. The Labute approximate surface area is 174 Å². The number of H-pyrrole nitrogens is 1. The molecular weight excluding hydrogens is 378 g/mol. The third kappa shape index (κ3) is 4.87. The van der Waals surface area contributed by atoms with Crippen LogP contribution >= 0.6 is 11.8 Å². The molecule has 146 valence electrons. The fourth-order valence-electron chi connectivity index (χ4n) is 3.15. The number of imidazole rings is 1. The maximum Gasteiger partial charge on any atom is 0.228 e. The van der Waals surface area contributed by atoms with E-state index in [0.29, 0.717) is 11.7 Å². The first-order valence-corrected chi connectivity index (χ1v) is 10.6. The maximum absolute atomic E-state index is 12.4. The average Bonchev–Trinajstić information content (AvgIpc) is 3.14. The van der Waals surface area contributed by atoms with Crippen LogP contribution in [-0.2, 0) is 11.2 Å². The van der Waals surface area contributed by atoms with E-state index in [-0.39, 0.29) is 5.91 Å². The molecule has 0 saturated heterocycles. The van der Waals surface area contributed by atoms with Crippen molar-refractivity contribution in [3.05, 3.63) is 78.4 Å². The summed E-state index contributed by atoms with van der Waals surface area (Å²) in [5.74, 6) is 0.800. The molecule has 4 nitrogen and oxygen atoms in total. The first-order valence-electron chi connectivity index (χ1n) is 9.67. The Morgan fingerprint density at radius 2 is 1.72 bits per heavy atom. The number of aromatic amines is 1. The molecule has 0 aliphatic rings. The minimum absolute atomic E-state index is 0.0225. The van der Waals surface area contributed by atoms with Gasteiger partial charge in [-0.3, -0.25) is 4.79 Å². The summed E-state index contributed by atoms with van der Waals surface area (Å²) in [6.07, 6.45) is 0.359. The number of amides is 1. The van der Waals surface area contributed by atoms with Gasteiger partial charge >= 0.3 is 0 Å². The number of carbonyl (C=O) groups excluding carboxylic acids is 1. The van der Waals surface area contributed by atoms with Gasteiger partial charge in [0.05, 0.1) is 17.5 Å². The van der Waals surface area contributed by atoms with E-state index >= 15 is 0 Å². The number of aromatic nitrogens is 2. The second-order valence-electron chi connectivity index (χ2n) is 7.22. The summed E-state index contributed by atoms with van der Waals surface area (Å²) < 4.78 is 0. The number of rotatable bonds is 6. The molecule has 2 N–H and O–H groups in total. The minimum atomic E-state index is -0.0225. The number of benzene rings is 3. The largest absolute Gasteiger partial charge is 0.338 e. The van der Waals surface area contributed by atoms with E-state index in [2.05, 4.69) is 41.3 Å². The molecule has 3 aromatic carbocycles. The highest BCUT2D eigenvalue weighted by atomic mass is 32.2. The molecule has 0 fully saturated rings. The molecule has 0 radical (unpaired) electrons. The van der Waals surface area contributed by atoms with Gasteiger partial charge in [0.25, 0.3) is 0 Å². The lowest BCUT2D eigenvalue weighted by Gasteiger charge is -2.08. The van der Waals surface area contributed by atoms with Gasteiger partial charge in [-0.1, -0.05) is 38.1 Å². The van der Waals surface area contributed by atoms with Crippen molar-refractivity contribution in [1.82, 2.24) is 9.97 Å². The van der Waals surface area contributed by atoms with Gasteiger partial charge in [0, 0.05) is 21.4 Å². The summed E-state index contributed by atoms with van der Waals surface area (Å²) >= 11 is 1.82. The van der Waals surface area contributed by atoms with Crippen LogP contribution in [0, 0.1) is 0 Å². The van der Waals surface area contributed by atoms with Crippen LogP contribution in [0.2, 0.25) is 0 Å². The number of fused-ring (bicyclic) bond motifs is 1. The Kier molecular flexibility index (Phi) is 5.67. The molecular formula is C24H23N3OS. The predicted molar refractivity (Wildman–Crippen MR) is 121 cm³/mol. The number of anilines is 1. The number of para-hydroxylation sites is 2. The molecule has 1 heterocycles. The zero-order valence-electron chi connectivity index (χ0n) is 16.5. The van der Waals surface area contributed by atoms with E-state index in [1.54, 1.807) is 0 Å². The van der Waals surface area contributed by atoms with Crippen molar-refractivity contribution in [2.24, 2.45) is 0 Å². The Bertz CT molecular complexity index is 1080. The van der Waals surface area contributed by atoms with Crippen LogP contribution in [-0.4, -0.2) is 21.1 Å². The van der Waals surface area contributed by atoms with Crippen molar-refractivity contribution in [3.63, 3.8) is 0 Å². The van der Waals surface area contributed by atoms with Gasteiger partial charge in [-0.2, -0.15) is 0 Å². The van der Waals surface area contributed by atoms with E-state index in [9.17, 15) is 4.79 Å².